The van der Waals surface area contributed by atoms with Crippen molar-refractivity contribution in [3.8, 4) is 17.2 Å². The highest BCUT2D eigenvalue weighted by Crippen LogP contribution is 2.39. The smallest absolute Gasteiger partial charge is 0.404 e. The third-order valence-electron chi connectivity index (χ3n) is 7.93. The first kappa shape index (κ1) is 31.6. The zero-order chi connectivity index (χ0) is 31.8. The summed E-state index contributed by atoms with van der Waals surface area (Å²) in [6.45, 7) is 10.7. The van der Waals surface area contributed by atoms with Gasteiger partial charge >= 0.3 is 11.7 Å². The van der Waals surface area contributed by atoms with E-state index in [9.17, 15) is 29.7 Å². The number of amides is 1. The van der Waals surface area contributed by atoms with Crippen molar-refractivity contribution in [1.82, 2.24) is 0 Å². The number of ether oxygens (including phenoxy) is 3. The van der Waals surface area contributed by atoms with Gasteiger partial charge < -0.3 is 39.7 Å². The van der Waals surface area contributed by atoms with Crippen molar-refractivity contribution in [2.45, 2.75) is 78.5 Å². The summed E-state index contributed by atoms with van der Waals surface area (Å²) < 4.78 is 22.6. The average molecular weight is 596 g/mol. The molecule has 0 saturated carbocycles. The SMILES string of the molecule is CC(C)=CCc1cc(C(=O)Cc2c(O)c3ccc(OC4OC(C)(C)[C@H](C)[C@@H](OC(N)=O)[C@@H]4O)c(C)c3oc2=O)ccc1O. The minimum Gasteiger partial charge on any atom is -0.508 e. The number of aryl methyl sites for hydroxylation is 1. The predicted octanol–water partition coefficient (Wildman–Crippen LogP) is 4.42. The van der Waals surface area contributed by atoms with Crippen LogP contribution in [0.15, 0.2) is 51.2 Å². The molecular weight excluding hydrogens is 558 g/mol. The topological polar surface area (TPSA) is 179 Å². The van der Waals surface area contributed by atoms with Gasteiger partial charge in [0.05, 0.1) is 16.6 Å². The lowest BCUT2D eigenvalue weighted by Gasteiger charge is -2.47. The Morgan fingerprint density at radius 1 is 1.14 bits per heavy atom. The molecule has 1 aliphatic heterocycles. The Kier molecular flexibility index (Phi) is 8.89. The van der Waals surface area contributed by atoms with Gasteiger partial charge in [-0.3, -0.25) is 4.79 Å². The standard InChI is InChI=1S/C32H37NO10/c1-15(2)7-8-18-13-19(9-11-22(18)34)23(35)14-21-25(36)20-10-12-24(16(3)27(20)41-29(21)38)40-30-26(37)28(42-31(33)39)17(4)32(5,6)43-30/h7,9-13,17,26,28,30,34,36-37H,8,14H2,1-6H3,(H2,33,39)/t17-,26+,28-,30?/m1/s1. The number of carbonyl (C=O) groups excluding carboxylic acids is 2. The van der Waals surface area contributed by atoms with Crippen LogP contribution in [0.5, 0.6) is 17.2 Å². The fourth-order valence-electron chi connectivity index (χ4n) is 5.04. The number of rotatable bonds is 8. The average Bonchev–Trinajstić information content (AvgIpc) is 2.93. The second kappa shape index (κ2) is 12.1. The third-order valence-corrected chi connectivity index (χ3v) is 7.93. The van der Waals surface area contributed by atoms with Crippen LogP contribution >= 0.6 is 0 Å². The molecule has 1 aliphatic rings. The highest BCUT2D eigenvalue weighted by Gasteiger charge is 2.50. The second-order valence-electron chi connectivity index (χ2n) is 11.6. The summed E-state index contributed by atoms with van der Waals surface area (Å²) in [5, 5.41) is 32.3. The molecule has 4 atom stereocenters. The molecule has 0 radical (unpaired) electrons. The lowest BCUT2D eigenvalue weighted by molar-refractivity contribution is -0.283. The lowest BCUT2D eigenvalue weighted by atomic mass is 9.82. The van der Waals surface area contributed by atoms with E-state index in [4.69, 9.17) is 24.4 Å². The van der Waals surface area contributed by atoms with Crippen molar-refractivity contribution in [2.24, 2.45) is 11.7 Å². The van der Waals surface area contributed by atoms with Crippen LogP contribution in [-0.4, -0.2) is 51.3 Å². The van der Waals surface area contributed by atoms with Crippen LogP contribution in [-0.2, 0) is 22.3 Å². The van der Waals surface area contributed by atoms with Crippen molar-refractivity contribution >= 4 is 22.8 Å². The van der Waals surface area contributed by atoms with Gasteiger partial charge in [-0.25, -0.2) is 9.59 Å². The molecule has 2 aromatic carbocycles. The van der Waals surface area contributed by atoms with Crippen molar-refractivity contribution in [2.75, 3.05) is 0 Å². The highest BCUT2D eigenvalue weighted by atomic mass is 16.7. The minimum atomic E-state index is -1.39. The number of hydrogen-bond acceptors (Lipinski definition) is 10. The molecule has 230 valence electrons. The van der Waals surface area contributed by atoms with Gasteiger partial charge in [0.15, 0.2) is 11.9 Å². The molecule has 0 aliphatic carbocycles. The Balaban J connectivity index is 1.63. The molecule has 1 aromatic heterocycles. The Hall–Kier alpha value is -4.35. The van der Waals surface area contributed by atoms with E-state index in [1.807, 2.05) is 19.9 Å². The Morgan fingerprint density at radius 3 is 2.49 bits per heavy atom. The Labute approximate surface area is 248 Å². The molecule has 5 N–H and O–H groups in total. The number of benzene rings is 2. The summed E-state index contributed by atoms with van der Waals surface area (Å²) in [6, 6.07) is 7.41. The van der Waals surface area contributed by atoms with Crippen LogP contribution in [0.1, 0.15) is 61.7 Å². The monoisotopic (exact) mass is 595 g/mol. The summed E-state index contributed by atoms with van der Waals surface area (Å²) in [4.78, 5) is 37.6. The summed E-state index contributed by atoms with van der Waals surface area (Å²) in [5.41, 5.74) is 5.46. The molecule has 0 spiro atoms. The molecule has 11 nitrogen and oxygen atoms in total. The Morgan fingerprint density at radius 2 is 1.84 bits per heavy atom. The molecule has 43 heavy (non-hydrogen) atoms. The summed E-state index contributed by atoms with van der Waals surface area (Å²) in [6.07, 6.45) is -2.78. The van der Waals surface area contributed by atoms with E-state index in [1.165, 1.54) is 24.3 Å². The van der Waals surface area contributed by atoms with E-state index >= 15 is 0 Å². The number of aliphatic hydroxyl groups excluding tert-OH is 1. The van der Waals surface area contributed by atoms with E-state index < -0.39 is 59.7 Å². The molecule has 3 aromatic rings. The van der Waals surface area contributed by atoms with Gasteiger partial charge in [-0.05, 0) is 76.9 Å². The number of phenols is 1. The summed E-state index contributed by atoms with van der Waals surface area (Å²) in [5.74, 6) is -1.04. The van der Waals surface area contributed by atoms with Gasteiger partial charge in [-0.2, -0.15) is 0 Å². The van der Waals surface area contributed by atoms with Gasteiger partial charge in [0.25, 0.3) is 0 Å². The first-order valence-electron chi connectivity index (χ1n) is 13.9. The van der Waals surface area contributed by atoms with Crippen molar-refractivity contribution in [3.63, 3.8) is 0 Å². The number of Topliss-reactive ketones (excluding diaryl/α,β-unsaturated/α-hetero) is 1. The number of aromatic hydroxyl groups is 2. The third kappa shape index (κ3) is 6.52. The van der Waals surface area contributed by atoms with E-state index in [0.29, 0.717) is 17.5 Å². The van der Waals surface area contributed by atoms with Gasteiger partial charge in [0.1, 0.15) is 28.9 Å². The maximum Gasteiger partial charge on any atom is 0.404 e. The molecule has 1 fully saturated rings. The summed E-state index contributed by atoms with van der Waals surface area (Å²) >= 11 is 0. The first-order chi connectivity index (χ1) is 20.1. The fraction of sp³-hybridized carbons (Fsp3) is 0.406. The number of fused-ring (bicyclic) bond motifs is 1. The largest absolute Gasteiger partial charge is 0.508 e. The quantitative estimate of drug-likeness (QED) is 0.165. The van der Waals surface area contributed by atoms with Crippen LogP contribution in [0.2, 0.25) is 0 Å². The van der Waals surface area contributed by atoms with Crippen LogP contribution in [0.25, 0.3) is 11.0 Å². The minimum absolute atomic E-state index is 0.0210. The zero-order valence-electron chi connectivity index (χ0n) is 25.0. The fourth-order valence-corrected chi connectivity index (χ4v) is 5.04. The number of allylic oxidation sites excluding steroid dienone is 2. The van der Waals surface area contributed by atoms with E-state index in [1.54, 1.807) is 33.8 Å². The molecule has 0 bridgehead atoms. The normalized spacial score (nSPS) is 21.3. The molecule has 11 heteroatoms. The summed E-state index contributed by atoms with van der Waals surface area (Å²) in [7, 11) is 0. The maximum absolute atomic E-state index is 13.1. The number of aliphatic hydroxyl groups is 1. The molecule has 2 heterocycles. The van der Waals surface area contributed by atoms with Crippen molar-refractivity contribution < 1.29 is 43.5 Å². The lowest BCUT2D eigenvalue weighted by Crippen LogP contribution is -2.61. The van der Waals surface area contributed by atoms with Crippen LogP contribution in [0.4, 0.5) is 4.79 Å². The first-order valence-corrected chi connectivity index (χ1v) is 13.9. The number of carbonyl (C=O) groups is 2. The second-order valence-corrected chi connectivity index (χ2v) is 11.6. The van der Waals surface area contributed by atoms with Gasteiger partial charge in [0.2, 0.25) is 6.29 Å². The number of phenolic OH excluding ortho intramolecular Hbond substituents is 1. The van der Waals surface area contributed by atoms with Gasteiger partial charge in [-0.15, -0.1) is 0 Å². The van der Waals surface area contributed by atoms with Gasteiger partial charge in [-0.1, -0.05) is 18.6 Å². The van der Waals surface area contributed by atoms with Crippen LogP contribution < -0.4 is 16.1 Å². The molecule has 1 unspecified atom stereocenters. The van der Waals surface area contributed by atoms with E-state index in [0.717, 1.165) is 5.57 Å². The zero-order valence-corrected chi connectivity index (χ0v) is 25.0. The van der Waals surface area contributed by atoms with E-state index in [-0.39, 0.29) is 33.6 Å². The molecule has 1 saturated heterocycles. The van der Waals surface area contributed by atoms with Crippen molar-refractivity contribution in [3.05, 3.63) is 74.7 Å². The van der Waals surface area contributed by atoms with Crippen molar-refractivity contribution in [1.29, 1.82) is 0 Å². The number of hydrogen-bond donors (Lipinski definition) is 4. The van der Waals surface area contributed by atoms with Gasteiger partial charge in [0, 0.05) is 23.5 Å². The highest BCUT2D eigenvalue weighted by molar-refractivity contribution is 5.99. The molecular formula is C32H37NO10. The number of nitrogens with two attached hydrogens (primary N) is 1. The van der Waals surface area contributed by atoms with Crippen LogP contribution in [0.3, 0.4) is 0 Å². The molecule has 4 rings (SSSR count). The van der Waals surface area contributed by atoms with Crippen LogP contribution in [0, 0.1) is 12.8 Å². The molecule has 1 amide bonds. The predicted molar refractivity (Wildman–Crippen MR) is 157 cm³/mol. The Bertz CT molecular complexity index is 1650. The maximum atomic E-state index is 13.1. The number of ketones is 1. The van der Waals surface area contributed by atoms with E-state index in [2.05, 4.69) is 0 Å². The number of primary amides is 1.